The van der Waals surface area contributed by atoms with Crippen LogP contribution in [-0.2, 0) is 14.3 Å². The number of anilines is 1. The smallest absolute Gasteiger partial charge is 0.278 e. The van der Waals surface area contributed by atoms with Gasteiger partial charge in [-0.25, -0.2) is 0 Å². The predicted octanol–water partition coefficient (Wildman–Crippen LogP) is 2.43. The average molecular weight is 367 g/mol. The second-order valence-corrected chi connectivity index (χ2v) is 5.80. The molecule has 8 heteroatoms. The maximum absolute atomic E-state index is 12.9. The molecule has 0 radical (unpaired) electrons. The molecule has 0 fully saturated rings. The summed E-state index contributed by atoms with van der Waals surface area (Å²) in [5, 5.41) is 13.9. The van der Waals surface area contributed by atoms with Crippen molar-refractivity contribution in [2.75, 3.05) is 25.6 Å². The van der Waals surface area contributed by atoms with Crippen LogP contribution in [0.5, 0.6) is 0 Å². The van der Waals surface area contributed by atoms with Crippen LogP contribution in [0.25, 0.3) is 5.57 Å². The number of carbonyl (C=O) groups excluding carboxylic acids is 2. The fraction of sp³-hybridized carbons (Fsp3) is 0.158. The first kappa shape index (κ1) is 18.3. The van der Waals surface area contributed by atoms with Gasteiger partial charge in [0.2, 0.25) is 0 Å². The molecule has 0 saturated carbocycles. The molecule has 0 atom stereocenters. The standard InChI is InChI=1S/C19H17N3O5/c1-27-12-11-21-18(23)16(13-7-9-15(10-8-13)22(25)26)17(19(21)24)20-14-5-3-2-4-6-14/h2-10,20H,11-12H2,1H3. The molecule has 2 aromatic rings. The number of carbonyl (C=O) groups is 2. The molecule has 1 aliphatic rings. The summed E-state index contributed by atoms with van der Waals surface area (Å²) in [4.78, 5) is 37.1. The summed E-state index contributed by atoms with van der Waals surface area (Å²) in [6, 6.07) is 14.5. The molecule has 0 aromatic heterocycles. The van der Waals surface area contributed by atoms with E-state index in [9.17, 15) is 19.7 Å². The first-order chi connectivity index (χ1) is 13.0. The molecule has 0 aliphatic carbocycles. The number of methoxy groups -OCH3 is 1. The van der Waals surface area contributed by atoms with E-state index in [2.05, 4.69) is 5.32 Å². The lowest BCUT2D eigenvalue weighted by atomic mass is 10.0. The lowest BCUT2D eigenvalue weighted by Crippen LogP contribution is -2.35. The number of imide groups is 1. The lowest BCUT2D eigenvalue weighted by Gasteiger charge is -2.14. The van der Waals surface area contributed by atoms with E-state index in [1.807, 2.05) is 6.07 Å². The number of benzene rings is 2. The van der Waals surface area contributed by atoms with E-state index >= 15 is 0 Å². The van der Waals surface area contributed by atoms with Gasteiger partial charge >= 0.3 is 0 Å². The Labute approximate surface area is 155 Å². The Morgan fingerprint density at radius 1 is 1.04 bits per heavy atom. The molecule has 0 saturated heterocycles. The second-order valence-electron chi connectivity index (χ2n) is 5.80. The van der Waals surface area contributed by atoms with Gasteiger partial charge in [0.25, 0.3) is 17.5 Å². The van der Waals surface area contributed by atoms with Gasteiger partial charge < -0.3 is 10.1 Å². The van der Waals surface area contributed by atoms with E-state index in [4.69, 9.17) is 4.74 Å². The minimum atomic E-state index is -0.520. The second kappa shape index (κ2) is 7.79. The SMILES string of the molecule is COCCN1C(=O)C(Nc2ccccc2)=C(c2ccc([N+](=O)[O-])cc2)C1=O. The van der Waals surface area contributed by atoms with Crippen LogP contribution in [-0.4, -0.2) is 41.9 Å². The number of rotatable bonds is 7. The maximum Gasteiger partial charge on any atom is 0.278 e. The first-order valence-corrected chi connectivity index (χ1v) is 8.19. The monoisotopic (exact) mass is 367 g/mol. The van der Waals surface area contributed by atoms with Crippen LogP contribution in [0.2, 0.25) is 0 Å². The molecule has 8 nitrogen and oxygen atoms in total. The molecule has 3 rings (SSSR count). The third-order valence-corrected chi connectivity index (χ3v) is 4.10. The van der Waals surface area contributed by atoms with Crippen LogP contribution in [0, 0.1) is 10.1 Å². The number of ether oxygens (including phenoxy) is 1. The fourth-order valence-electron chi connectivity index (χ4n) is 2.76. The molecule has 0 spiro atoms. The largest absolute Gasteiger partial charge is 0.383 e. The van der Waals surface area contributed by atoms with Gasteiger partial charge in [-0.05, 0) is 29.8 Å². The van der Waals surface area contributed by atoms with Crippen molar-refractivity contribution >= 4 is 28.8 Å². The van der Waals surface area contributed by atoms with Crippen LogP contribution in [0.3, 0.4) is 0 Å². The zero-order valence-electron chi connectivity index (χ0n) is 14.5. The van der Waals surface area contributed by atoms with Gasteiger partial charge in [0.15, 0.2) is 0 Å². The highest BCUT2D eigenvalue weighted by Gasteiger charge is 2.39. The van der Waals surface area contributed by atoms with Crippen molar-refractivity contribution in [2.24, 2.45) is 0 Å². The van der Waals surface area contributed by atoms with Gasteiger partial charge in [-0.2, -0.15) is 0 Å². The highest BCUT2D eigenvalue weighted by molar-refractivity contribution is 6.36. The first-order valence-electron chi connectivity index (χ1n) is 8.19. The molecule has 1 heterocycles. The van der Waals surface area contributed by atoms with Gasteiger partial charge in [0, 0.05) is 24.9 Å². The maximum atomic E-state index is 12.9. The number of nitro groups is 1. The Kier molecular flexibility index (Phi) is 5.28. The number of nitrogens with zero attached hydrogens (tertiary/aromatic N) is 2. The summed E-state index contributed by atoms with van der Waals surface area (Å²) in [5.41, 5.74) is 1.30. The van der Waals surface area contributed by atoms with E-state index in [0.29, 0.717) is 11.3 Å². The number of nitro benzene ring substituents is 1. The third kappa shape index (κ3) is 3.70. The number of nitrogens with one attached hydrogen (secondary N) is 1. The van der Waals surface area contributed by atoms with E-state index < -0.39 is 16.7 Å². The van der Waals surface area contributed by atoms with Gasteiger partial charge in [0.1, 0.15) is 5.70 Å². The molecule has 0 bridgehead atoms. The van der Waals surface area contributed by atoms with Crippen LogP contribution >= 0.6 is 0 Å². The summed E-state index contributed by atoms with van der Waals surface area (Å²) in [6.07, 6.45) is 0. The molecule has 2 aromatic carbocycles. The quantitative estimate of drug-likeness (QED) is 0.458. The van der Waals surface area contributed by atoms with Gasteiger partial charge in [-0.1, -0.05) is 18.2 Å². The summed E-state index contributed by atoms with van der Waals surface area (Å²) in [6.45, 7) is 0.328. The fourth-order valence-corrected chi connectivity index (χ4v) is 2.76. The minimum absolute atomic E-state index is 0.0927. The summed E-state index contributed by atoms with van der Waals surface area (Å²) >= 11 is 0. The summed E-state index contributed by atoms with van der Waals surface area (Å²) in [7, 11) is 1.48. The Balaban J connectivity index is 2.02. The zero-order valence-corrected chi connectivity index (χ0v) is 14.5. The van der Waals surface area contributed by atoms with Crippen LogP contribution in [0.15, 0.2) is 60.3 Å². The van der Waals surface area contributed by atoms with Crippen molar-refractivity contribution in [1.29, 1.82) is 0 Å². The van der Waals surface area contributed by atoms with Crippen LogP contribution < -0.4 is 5.32 Å². The van der Waals surface area contributed by atoms with Crippen molar-refractivity contribution in [3.05, 3.63) is 76.0 Å². The van der Waals surface area contributed by atoms with E-state index in [1.54, 1.807) is 24.3 Å². The molecule has 138 valence electrons. The van der Waals surface area contributed by atoms with Crippen molar-refractivity contribution < 1.29 is 19.2 Å². The molecule has 1 aliphatic heterocycles. The predicted molar refractivity (Wildman–Crippen MR) is 98.7 cm³/mol. The Hall–Kier alpha value is -3.52. The topological polar surface area (TPSA) is 102 Å². The van der Waals surface area contributed by atoms with Crippen LogP contribution in [0.1, 0.15) is 5.56 Å². The number of non-ortho nitro benzene ring substituents is 1. The van der Waals surface area contributed by atoms with Crippen molar-refractivity contribution in [3.63, 3.8) is 0 Å². The third-order valence-electron chi connectivity index (χ3n) is 4.10. The molecule has 0 unspecified atom stereocenters. The minimum Gasteiger partial charge on any atom is -0.383 e. The molecule has 1 N–H and O–H groups in total. The number of para-hydroxylation sites is 1. The van der Waals surface area contributed by atoms with Gasteiger partial charge in [0.05, 0.1) is 23.6 Å². The Morgan fingerprint density at radius 2 is 1.70 bits per heavy atom. The van der Waals surface area contributed by atoms with E-state index in [-0.39, 0.29) is 30.1 Å². The van der Waals surface area contributed by atoms with Gasteiger partial charge in [-0.15, -0.1) is 0 Å². The Bertz CT molecular complexity index is 907. The van der Waals surface area contributed by atoms with E-state index in [1.165, 1.54) is 31.4 Å². The van der Waals surface area contributed by atoms with Crippen molar-refractivity contribution in [3.8, 4) is 0 Å². The van der Waals surface area contributed by atoms with E-state index in [0.717, 1.165) is 4.90 Å². The Morgan fingerprint density at radius 3 is 2.30 bits per heavy atom. The molecule has 27 heavy (non-hydrogen) atoms. The number of hydrogen-bond donors (Lipinski definition) is 1. The lowest BCUT2D eigenvalue weighted by molar-refractivity contribution is -0.384. The number of amides is 2. The summed E-state index contributed by atoms with van der Waals surface area (Å²) < 4.78 is 4.98. The molecule has 2 amide bonds. The van der Waals surface area contributed by atoms with Crippen LogP contribution in [0.4, 0.5) is 11.4 Å². The zero-order chi connectivity index (χ0) is 19.4. The highest BCUT2D eigenvalue weighted by atomic mass is 16.6. The van der Waals surface area contributed by atoms with Crippen molar-refractivity contribution in [2.45, 2.75) is 0 Å². The average Bonchev–Trinajstić information content (AvgIpc) is 2.91. The van der Waals surface area contributed by atoms with Gasteiger partial charge in [-0.3, -0.25) is 24.6 Å². The normalized spacial score (nSPS) is 14.0. The molecular formula is C19H17N3O5. The number of hydrogen-bond acceptors (Lipinski definition) is 6. The molecular weight excluding hydrogens is 350 g/mol. The van der Waals surface area contributed by atoms with Crippen molar-refractivity contribution in [1.82, 2.24) is 4.90 Å². The highest BCUT2D eigenvalue weighted by Crippen LogP contribution is 2.31. The summed E-state index contributed by atoms with van der Waals surface area (Å²) in [5.74, 6) is -0.932.